The fraction of sp³-hybridized carbons (Fsp3) is 0.250. The number of rotatable bonds is 5. The van der Waals surface area contributed by atoms with Gasteiger partial charge in [0.25, 0.3) is 0 Å². The number of halogens is 1. The summed E-state index contributed by atoms with van der Waals surface area (Å²) in [5, 5.41) is 0. The van der Waals surface area contributed by atoms with Crippen molar-refractivity contribution in [3.8, 4) is 5.75 Å². The van der Waals surface area contributed by atoms with Gasteiger partial charge >= 0.3 is 0 Å². The van der Waals surface area contributed by atoms with Gasteiger partial charge in [-0.1, -0.05) is 12.1 Å². The molecule has 2 N–H and O–H groups in total. The van der Waals surface area contributed by atoms with E-state index >= 15 is 0 Å². The van der Waals surface area contributed by atoms with Crippen LogP contribution in [0.15, 0.2) is 48.5 Å². The Morgan fingerprint density at radius 3 is 2.45 bits per heavy atom. The van der Waals surface area contributed by atoms with E-state index in [-0.39, 0.29) is 11.9 Å². The molecule has 0 spiro atoms. The van der Waals surface area contributed by atoms with Crippen LogP contribution in [-0.2, 0) is 0 Å². The molecule has 3 nitrogen and oxygen atoms in total. The SMILES string of the molecule is COc1ccc(N(C)C(CN)c2cccc(F)c2)cc1. The van der Waals surface area contributed by atoms with E-state index in [0.717, 1.165) is 17.0 Å². The van der Waals surface area contributed by atoms with E-state index in [9.17, 15) is 4.39 Å². The standard InChI is InChI=1S/C16H19FN2O/c1-19(14-6-8-15(20-2)9-7-14)16(11-18)12-4-3-5-13(17)10-12/h3-10,16H,11,18H2,1-2H3. The number of methoxy groups -OCH3 is 1. The lowest BCUT2D eigenvalue weighted by molar-refractivity contribution is 0.415. The largest absolute Gasteiger partial charge is 0.497 e. The molecule has 0 fully saturated rings. The second-order valence-electron chi connectivity index (χ2n) is 4.62. The summed E-state index contributed by atoms with van der Waals surface area (Å²) in [5.74, 6) is 0.557. The molecule has 0 aliphatic rings. The van der Waals surface area contributed by atoms with E-state index < -0.39 is 0 Å². The lowest BCUT2D eigenvalue weighted by Gasteiger charge is -2.29. The van der Waals surface area contributed by atoms with Crippen LogP contribution in [0.3, 0.4) is 0 Å². The second kappa shape index (κ2) is 6.39. The highest BCUT2D eigenvalue weighted by molar-refractivity contribution is 5.50. The van der Waals surface area contributed by atoms with Gasteiger partial charge in [0.2, 0.25) is 0 Å². The predicted octanol–water partition coefficient (Wildman–Crippen LogP) is 2.97. The highest BCUT2D eigenvalue weighted by Gasteiger charge is 2.16. The Bertz CT molecular complexity index is 557. The molecule has 106 valence electrons. The van der Waals surface area contributed by atoms with E-state index in [1.54, 1.807) is 13.2 Å². The molecule has 0 saturated carbocycles. The molecule has 2 aromatic rings. The highest BCUT2D eigenvalue weighted by atomic mass is 19.1. The third-order valence-electron chi connectivity index (χ3n) is 3.40. The van der Waals surface area contributed by atoms with Crippen molar-refractivity contribution in [2.24, 2.45) is 5.73 Å². The predicted molar refractivity (Wildman–Crippen MR) is 79.6 cm³/mol. The maximum Gasteiger partial charge on any atom is 0.123 e. The highest BCUT2D eigenvalue weighted by Crippen LogP contribution is 2.26. The lowest BCUT2D eigenvalue weighted by Crippen LogP contribution is -2.30. The summed E-state index contributed by atoms with van der Waals surface area (Å²) in [6.07, 6.45) is 0. The number of nitrogens with two attached hydrogens (primary N) is 1. The number of hydrogen-bond acceptors (Lipinski definition) is 3. The molecule has 0 bridgehead atoms. The van der Waals surface area contributed by atoms with E-state index in [0.29, 0.717) is 6.54 Å². The minimum Gasteiger partial charge on any atom is -0.497 e. The van der Waals surface area contributed by atoms with Crippen molar-refractivity contribution in [3.63, 3.8) is 0 Å². The van der Waals surface area contributed by atoms with E-state index in [1.807, 2.05) is 42.3 Å². The molecule has 2 rings (SSSR count). The Kier molecular flexibility index (Phi) is 4.58. The first-order valence-electron chi connectivity index (χ1n) is 6.48. The molecule has 0 saturated heterocycles. The van der Waals surface area contributed by atoms with Crippen molar-refractivity contribution < 1.29 is 9.13 Å². The Morgan fingerprint density at radius 1 is 1.20 bits per heavy atom. The van der Waals surface area contributed by atoms with Crippen molar-refractivity contribution in [3.05, 3.63) is 59.9 Å². The molecular weight excluding hydrogens is 255 g/mol. The zero-order valence-electron chi connectivity index (χ0n) is 11.7. The molecule has 1 unspecified atom stereocenters. The van der Waals surface area contributed by atoms with Crippen LogP contribution < -0.4 is 15.4 Å². The third kappa shape index (κ3) is 3.08. The van der Waals surface area contributed by atoms with Gasteiger partial charge in [-0.2, -0.15) is 0 Å². The molecular formula is C16H19FN2O. The van der Waals surface area contributed by atoms with Gasteiger partial charge in [-0.15, -0.1) is 0 Å². The third-order valence-corrected chi connectivity index (χ3v) is 3.40. The summed E-state index contributed by atoms with van der Waals surface area (Å²) in [5.41, 5.74) is 7.73. The molecule has 0 aromatic heterocycles. The summed E-state index contributed by atoms with van der Waals surface area (Å²) in [6.45, 7) is 0.409. The normalized spacial score (nSPS) is 12.0. The molecule has 0 aliphatic carbocycles. The summed E-state index contributed by atoms with van der Waals surface area (Å²) < 4.78 is 18.5. The van der Waals surface area contributed by atoms with Gasteiger partial charge in [0.05, 0.1) is 13.2 Å². The molecule has 2 aromatic carbocycles. The topological polar surface area (TPSA) is 38.5 Å². The summed E-state index contributed by atoms with van der Waals surface area (Å²) >= 11 is 0. The van der Waals surface area contributed by atoms with E-state index in [1.165, 1.54) is 12.1 Å². The van der Waals surface area contributed by atoms with Gasteiger partial charge < -0.3 is 15.4 Å². The van der Waals surface area contributed by atoms with Crippen molar-refractivity contribution in [1.29, 1.82) is 0 Å². The molecule has 0 heterocycles. The van der Waals surface area contributed by atoms with E-state index in [4.69, 9.17) is 10.5 Å². The Labute approximate surface area is 118 Å². The van der Waals surface area contributed by atoms with Crippen LogP contribution in [-0.4, -0.2) is 20.7 Å². The first-order valence-corrected chi connectivity index (χ1v) is 6.48. The van der Waals surface area contributed by atoms with Crippen LogP contribution in [0.1, 0.15) is 11.6 Å². The van der Waals surface area contributed by atoms with Crippen LogP contribution in [0.25, 0.3) is 0 Å². The number of ether oxygens (including phenoxy) is 1. The Balaban J connectivity index is 2.26. The van der Waals surface area contributed by atoms with Gasteiger partial charge in [-0.25, -0.2) is 4.39 Å². The number of likely N-dealkylation sites (N-methyl/N-ethyl adjacent to an activating group) is 1. The van der Waals surface area contributed by atoms with Crippen LogP contribution >= 0.6 is 0 Å². The maximum absolute atomic E-state index is 13.4. The fourth-order valence-corrected chi connectivity index (χ4v) is 2.23. The van der Waals surface area contributed by atoms with Crippen LogP contribution in [0, 0.1) is 5.82 Å². The van der Waals surface area contributed by atoms with Crippen LogP contribution in [0.4, 0.5) is 10.1 Å². The van der Waals surface area contributed by atoms with Crippen molar-refractivity contribution in [1.82, 2.24) is 0 Å². The van der Waals surface area contributed by atoms with Crippen molar-refractivity contribution >= 4 is 5.69 Å². The monoisotopic (exact) mass is 274 g/mol. The lowest BCUT2D eigenvalue weighted by atomic mass is 10.0. The van der Waals surface area contributed by atoms with Gasteiger partial charge in [0, 0.05) is 19.3 Å². The molecule has 20 heavy (non-hydrogen) atoms. The molecule has 1 atom stereocenters. The zero-order valence-corrected chi connectivity index (χ0v) is 11.7. The maximum atomic E-state index is 13.4. The quantitative estimate of drug-likeness (QED) is 0.911. The number of anilines is 1. The molecule has 4 heteroatoms. The Hall–Kier alpha value is -2.07. The van der Waals surface area contributed by atoms with Crippen molar-refractivity contribution in [2.45, 2.75) is 6.04 Å². The number of hydrogen-bond donors (Lipinski definition) is 1. The average molecular weight is 274 g/mol. The average Bonchev–Trinajstić information content (AvgIpc) is 2.48. The number of nitrogens with zero attached hydrogens (tertiary/aromatic N) is 1. The minimum atomic E-state index is -0.246. The molecule has 0 aliphatic heterocycles. The summed E-state index contributed by atoms with van der Waals surface area (Å²) in [4.78, 5) is 2.04. The Morgan fingerprint density at radius 2 is 1.90 bits per heavy atom. The van der Waals surface area contributed by atoms with Crippen LogP contribution in [0.5, 0.6) is 5.75 Å². The summed E-state index contributed by atoms with van der Waals surface area (Å²) in [6, 6.07) is 14.2. The van der Waals surface area contributed by atoms with Crippen molar-refractivity contribution in [2.75, 3.05) is 25.6 Å². The first kappa shape index (κ1) is 14.3. The first-order chi connectivity index (χ1) is 9.65. The molecule has 0 radical (unpaired) electrons. The van der Waals surface area contributed by atoms with Gasteiger partial charge in [0.15, 0.2) is 0 Å². The number of benzene rings is 2. The van der Waals surface area contributed by atoms with Gasteiger partial charge in [0.1, 0.15) is 11.6 Å². The fourth-order valence-electron chi connectivity index (χ4n) is 2.23. The van der Waals surface area contributed by atoms with Gasteiger partial charge in [-0.05, 0) is 42.0 Å². The molecule has 0 amide bonds. The second-order valence-corrected chi connectivity index (χ2v) is 4.62. The smallest absolute Gasteiger partial charge is 0.123 e. The summed E-state index contributed by atoms with van der Waals surface area (Å²) in [7, 11) is 3.58. The zero-order chi connectivity index (χ0) is 14.5. The van der Waals surface area contributed by atoms with Crippen LogP contribution in [0.2, 0.25) is 0 Å². The van der Waals surface area contributed by atoms with E-state index in [2.05, 4.69) is 0 Å². The minimum absolute atomic E-state index is 0.0703. The van der Waals surface area contributed by atoms with Gasteiger partial charge in [-0.3, -0.25) is 0 Å².